The van der Waals surface area contributed by atoms with E-state index < -0.39 is 135 Å². The van der Waals surface area contributed by atoms with Gasteiger partial charge in [0.25, 0.3) is 0 Å². The highest BCUT2D eigenvalue weighted by Gasteiger charge is 2.70. The highest BCUT2D eigenvalue weighted by atomic mass is 16.7. The molecule has 3 saturated heterocycles. The molecule has 5 aliphatic carbocycles. The predicted octanol–water partition coefficient (Wildman–Crippen LogP) is 0.141. The first-order valence-electron chi connectivity index (χ1n) is 24.3. The number of aliphatic hydroxyl groups is 11. The summed E-state index contributed by atoms with van der Waals surface area (Å²) in [5.41, 5.74) is -0.674. The first-order valence-corrected chi connectivity index (χ1v) is 24.3. The van der Waals surface area contributed by atoms with Gasteiger partial charge in [0.15, 0.2) is 12.6 Å². The molecule has 3 aliphatic heterocycles. The van der Waals surface area contributed by atoms with Crippen molar-refractivity contribution < 1.29 is 89.4 Å². The molecule has 3 heterocycles. The molecule has 4 saturated carbocycles. The molecule has 66 heavy (non-hydrogen) atoms. The molecule has 7 fully saturated rings. The predicted molar refractivity (Wildman–Crippen MR) is 230 cm³/mol. The summed E-state index contributed by atoms with van der Waals surface area (Å²) in [7, 11) is 0. The Morgan fingerprint density at radius 1 is 0.606 bits per heavy atom. The van der Waals surface area contributed by atoms with Gasteiger partial charge in [-0.3, -0.25) is 4.79 Å². The smallest absolute Gasteiger partial charge is 0.315 e. The van der Waals surface area contributed by atoms with Crippen LogP contribution in [0, 0.1) is 50.2 Å². The van der Waals surface area contributed by atoms with Crippen molar-refractivity contribution in [2.75, 3.05) is 19.8 Å². The molecule has 0 amide bonds. The van der Waals surface area contributed by atoms with Crippen LogP contribution in [0.2, 0.25) is 0 Å². The van der Waals surface area contributed by atoms with E-state index in [-0.39, 0.29) is 39.4 Å². The van der Waals surface area contributed by atoms with Crippen LogP contribution in [0.3, 0.4) is 0 Å². The molecule has 0 aromatic rings. The third-order valence-electron chi connectivity index (χ3n) is 19.3. The minimum absolute atomic E-state index is 0.0581. The van der Waals surface area contributed by atoms with Crippen LogP contribution in [0.25, 0.3) is 0 Å². The zero-order valence-corrected chi connectivity index (χ0v) is 39.5. The molecule has 0 aromatic carbocycles. The molecule has 378 valence electrons. The number of fused-ring (bicyclic) bond motifs is 7. The van der Waals surface area contributed by atoms with Crippen LogP contribution in [-0.4, -0.2) is 180 Å². The number of carbonyl (C=O) groups excluding carboxylic acids is 1. The van der Waals surface area contributed by atoms with Crippen LogP contribution < -0.4 is 0 Å². The SMILES string of the molecule is CC1(C)CC[C@]2(C(=O)O[C@@H]3O[C@H](CO)[C@@H](O)[C@H](O)[C@H]3O)CC[C@]3(C)C(=CC[C@@H]4[C@@]5(C)CC[C@H](O[C@@H]6O[C@H](CO)[C@@H](O)[C@H](O[C@@H]7O[C@H](CO)[C@@H](O)[C@H](O)[C@H]7O)[C@H]6O)C(C)(C)[C@H]5CC[C@]43C)[C@@H]2C1. The van der Waals surface area contributed by atoms with Crippen LogP contribution >= 0.6 is 0 Å². The molecule has 23 atom stereocenters. The summed E-state index contributed by atoms with van der Waals surface area (Å²) >= 11 is 0. The standard InChI is InChI=1S/C48H78O18/c1-43(2)14-16-48(42(60)66-40-36(58)34(56)31(53)25(20-50)62-40)17-15-46(6)22(23(48)18-43)8-9-28-45(5)12-11-29(44(3,4)27(45)10-13-47(28,46)7)64-41-37(59)38(32(54)26(21-51)63-41)65-39-35(57)33(55)30(52)24(19-49)61-39/h8,23-41,49-59H,9-21H2,1-7H3/t23-,24+,25+,26+,27+,28+,29-,30+,31+,32+,33-,34-,35+,36+,37+,38-,39-,40-,41-,45-,46+,47+,48-/m0/s1. The van der Waals surface area contributed by atoms with Crippen LogP contribution in [0.5, 0.6) is 0 Å². The van der Waals surface area contributed by atoms with Crippen molar-refractivity contribution in [3.63, 3.8) is 0 Å². The quantitative estimate of drug-likeness (QED) is 0.0833. The van der Waals surface area contributed by atoms with Crippen LogP contribution in [0.4, 0.5) is 0 Å². The highest BCUT2D eigenvalue weighted by Crippen LogP contribution is 2.76. The van der Waals surface area contributed by atoms with Gasteiger partial charge in [-0.2, -0.15) is 0 Å². The third-order valence-corrected chi connectivity index (χ3v) is 19.3. The average molecular weight is 943 g/mol. The molecule has 0 spiro atoms. The maximum atomic E-state index is 14.7. The lowest BCUT2D eigenvalue weighted by Crippen LogP contribution is -2.67. The van der Waals surface area contributed by atoms with Gasteiger partial charge in [0.2, 0.25) is 6.29 Å². The second-order valence-electron chi connectivity index (χ2n) is 23.5. The Morgan fingerprint density at radius 3 is 1.76 bits per heavy atom. The summed E-state index contributed by atoms with van der Waals surface area (Å²) < 4.78 is 35.7. The van der Waals surface area contributed by atoms with Gasteiger partial charge < -0.3 is 84.6 Å². The van der Waals surface area contributed by atoms with Crippen molar-refractivity contribution in [3.8, 4) is 0 Å². The normalized spacial score (nSPS) is 53.3. The summed E-state index contributed by atoms with van der Waals surface area (Å²) in [6.45, 7) is 14.1. The lowest BCUT2D eigenvalue weighted by molar-refractivity contribution is -0.369. The van der Waals surface area contributed by atoms with Gasteiger partial charge in [0.05, 0.1) is 31.3 Å². The van der Waals surface area contributed by atoms with E-state index in [0.29, 0.717) is 19.3 Å². The molecule has 18 nitrogen and oxygen atoms in total. The first kappa shape index (κ1) is 50.9. The van der Waals surface area contributed by atoms with Crippen molar-refractivity contribution in [3.05, 3.63) is 11.6 Å². The minimum Gasteiger partial charge on any atom is -0.432 e. The number of hydrogen-bond acceptors (Lipinski definition) is 18. The molecule has 8 rings (SSSR count). The van der Waals surface area contributed by atoms with Gasteiger partial charge in [0.1, 0.15) is 73.2 Å². The molecule has 0 aromatic heterocycles. The Balaban J connectivity index is 1.02. The average Bonchev–Trinajstić information content (AvgIpc) is 3.26. The van der Waals surface area contributed by atoms with E-state index in [2.05, 4.69) is 54.5 Å². The van der Waals surface area contributed by atoms with Crippen molar-refractivity contribution in [1.82, 2.24) is 0 Å². The van der Waals surface area contributed by atoms with Crippen molar-refractivity contribution >= 4 is 5.97 Å². The van der Waals surface area contributed by atoms with E-state index in [1.807, 2.05) is 0 Å². The number of ether oxygens (including phenoxy) is 6. The van der Waals surface area contributed by atoms with E-state index in [1.165, 1.54) is 5.57 Å². The van der Waals surface area contributed by atoms with Crippen molar-refractivity contribution in [2.24, 2.45) is 50.2 Å². The lowest BCUT2D eigenvalue weighted by Gasteiger charge is -2.71. The summed E-state index contributed by atoms with van der Waals surface area (Å²) in [6, 6.07) is 0. The van der Waals surface area contributed by atoms with Crippen molar-refractivity contribution in [1.29, 1.82) is 0 Å². The summed E-state index contributed by atoms with van der Waals surface area (Å²) in [6.07, 6.45) is -13.7. The fraction of sp³-hybridized carbons (Fsp3) is 0.938. The molecule has 8 aliphatic rings. The molecule has 11 N–H and O–H groups in total. The van der Waals surface area contributed by atoms with Gasteiger partial charge in [-0.15, -0.1) is 0 Å². The summed E-state index contributed by atoms with van der Waals surface area (Å²) in [5.74, 6) is -0.189. The second-order valence-corrected chi connectivity index (χ2v) is 23.5. The van der Waals surface area contributed by atoms with Gasteiger partial charge in [0, 0.05) is 0 Å². The number of hydrogen-bond donors (Lipinski definition) is 11. The maximum absolute atomic E-state index is 14.7. The molecule has 0 radical (unpaired) electrons. The molecular formula is C48H78O18. The highest BCUT2D eigenvalue weighted by molar-refractivity contribution is 5.79. The Bertz CT molecular complexity index is 1790. The number of esters is 1. The van der Waals surface area contributed by atoms with Gasteiger partial charge >= 0.3 is 5.97 Å². The number of carbonyl (C=O) groups is 1. The molecular weight excluding hydrogens is 865 g/mol. The van der Waals surface area contributed by atoms with Crippen LogP contribution in [0.15, 0.2) is 11.6 Å². The molecule has 0 unspecified atom stereocenters. The monoisotopic (exact) mass is 943 g/mol. The third kappa shape index (κ3) is 7.87. The van der Waals surface area contributed by atoms with E-state index in [0.717, 1.165) is 44.9 Å². The molecule has 0 bridgehead atoms. The molecule has 18 heteroatoms. The Hall–Kier alpha value is -1.43. The van der Waals surface area contributed by atoms with Crippen molar-refractivity contribution in [2.45, 2.75) is 211 Å². The Morgan fingerprint density at radius 2 is 1.15 bits per heavy atom. The van der Waals surface area contributed by atoms with E-state index in [1.54, 1.807) is 0 Å². The number of allylic oxidation sites excluding steroid dienone is 2. The first-order chi connectivity index (χ1) is 30.9. The fourth-order valence-corrected chi connectivity index (χ4v) is 15.0. The summed E-state index contributed by atoms with van der Waals surface area (Å²) in [5, 5.41) is 116. The van der Waals surface area contributed by atoms with Crippen LogP contribution in [-0.2, 0) is 33.2 Å². The minimum atomic E-state index is -1.79. The zero-order chi connectivity index (χ0) is 48.3. The lowest BCUT2D eigenvalue weighted by atomic mass is 9.33. The second kappa shape index (κ2) is 18.0. The Kier molecular flexibility index (Phi) is 13.9. The van der Waals surface area contributed by atoms with E-state index in [4.69, 9.17) is 28.4 Å². The number of rotatable bonds is 9. The van der Waals surface area contributed by atoms with E-state index in [9.17, 15) is 61.0 Å². The van der Waals surface area contributed by atoms with Gasteiger partial charge in [-0.25, -0.2) is 0 Å². The topological polar surface area (TPSA) is 295 Å². The fourth-order valence-electron chi connectivity index (χ4n) is 15.0. The Labute approximate surface area is 387 Å². The summed E-state index contributed by atoms with van der Waals surface area (Å²) in [4.78, 5) is 14.7. The number of aliphatic hydroxyl groups excluding tert-OH is 11. The van der Waals surface area contributed by atoms with Gasteiger partial charge in [-0.1, -0.05) is 60.1 Å². The zero-order valence-electron chi connectivity index (χ0n) is 39.5. The van der Waals surface area contributed by atoms with Crippen LogP contribution in [0.1, 0.15) is 113 Å². The maximum Gasteiger partial charge on any atom is 0.315 e. The van der Waals surface area contributed by atoms with Gasteiger partial charge in [-0.05, 0) is 109 Å². The largest absolute Gasteiger partial charge is 0.432 e. The van der Waals surface area contributed by atoms with E-state index >= 15 is 0 Å².